The van der Waals surface area contributed by atoms with Crippen LogP contribution in [0.5, 0.6) is 17.2 Å². The maximum Gasteiger partial charge on any atom is 0.269 e. The van der Waals surface area contributed by atoms with Crippen molar-refractivity contribution in [3.63, 3.8) is 0 Å². The summed E-state index contributed by atoms with van der Waals surface area (Å²) in [6.45, 7) is 2.59. The molecule has 5 rings (SSSR count). The average Bonchev–Trinajstić information content (AvgIpc) is 3.08. The van der Waals surface area contributed by atoms with E-state index in [1.807, 2.05) is 43.4 Å². The molecule has 0 spiro atoms. The maximum absolute atomic E-state index is 11.0. The Morgan fingerprint density at radius 1 is 0.646 bits per heavy atom. The van der Waals surface area contributed by atoms with Gasteiger partial charge in [-0.1, -0.05) is 71.0 Å². The van der Waals surface area contributed by atoms with Gasteiger partial charge in [-0.2, -0.15) is 0 Å². The number of oxime groups is 2. The van der Waals surface area contributed by atoms with Crippen LogP contribution in [0.15, 0.2) is 132 Å². The Hall–Kier alpha value is -5.84. The molecule has 0 radical (unpaired) electrons. The molecule has 244 valence electrons. The zero-order valence-corrected chi connectivity index (χ0v) is 26.8. The number of nitrogens with zero attached hydrogens (tertiary/aromatic N) is 5. The number of rotatable bonds is 15. The Labute approximate surface area is 279 Å². The molecule has 0 aromatic heterocycles. The maximum atomic E-state index is 11.0. The zero-order chi connectivity index (χ0) is 33.7. The van der Waals surface area contributed by atoms with Crippen LogP contribution in [-0.2, 0) is 26.2 Å². The Morgan fingerprint density at radius 2 is 1.08 bits per heavy atom. The van der Waals surface area contributed by atoms with E-state index >= 15 is 0 Å². The highest BCUT2D eigenvalue weighted by Gasteiger charge is 2.17. The van der Waals surface area contributed by atoms with Crippen LogP contribution in [0.2, 0.25) is 0 Å². The van der Waals surface area contributed by atoms with Crippen molar-refractivity contribution in [1.29, 1.82) is 0 Å². The largest absolute Gasteiger partial charge is 0.508 e. The summed E-state index contributed by atoms with van der Waals surface area (Å²) in [6.07, 6.45) is 3.08. The van der Waals surface area contributed by atoms with Crippen molar-refractivity contribution < 1.29 is 19.7 Å². The van der Waals surface area contributed by atoms with Crippen molar-refractivity contribution in [2.45, 2.75) is 26.2 Å². The van der Waals surface area contributed by atoms with E-state index < -0.39 is 4.92 Å². The van der Waals surface area contributed by atoms with Crippen molar-refractivity contribution in [3.8, 4) is 17.2 Å². The van der Waals surface area contributed by atoms with E-state index in [1.54, 1.807) is 48.7 Å². The molecule has 0 saturated heterocycles. The minimum Gasteiger partial charge on any atom is -0.508 e. The Bertz CT molecular complexity index is 1830. The average molecular weight is 644 g/mol. The SMILES string of the molecule is CN(Cc1ccccc1)Cc1cc(CN(C)Cc2ccccc2)c(O/N=C/c2ccc([N+](=O)[O-])cc2)cc1O/N=C/c1ccc(O)cc1. The smallest absolute Gasteiger partial charge is 0.269 e. The van der Waals surface area contributed by atoms with Gasteiger partial charge in [0, 0.05) is 55.5 Å². The van der Waals surface area contributed by atoms with Crippen LogP contribution in [0.25, 0.3) is 0 Å². The molecule has 0 amide bonds. The van der Waals surface area contributed by atoms with Crippen LogP contribution in [0.4, 0.5) is 5.69 Å². The predicted molar refractivity (Wildman–Crippen MR) is 187 cm³/mol. The number of aromatic hydroxyl groups is 1. The molecular formula is C38H37N5O5. The lowest BCUT2D eigenvalue weighted by atomic mass is 10.1. The molecule has 0 aliphatic carbocycles. The highest BCUT2D eigenvalue weighted by Crippen LogP contribution is 2.32. The Balaban J connectivity index is 1.45. The van der Waals surface area contributed by atoms with Crippen LogP contribution in [-0.4, -0.2) is 46.4 Å². The van der Waals surface area contributed by atoms with Crippen LogP contribution in [0.1, 0.15) is 33.4 Å². The second-order valence-corrected chi connectivity index (χ2v) is 11.5. The second-order valence-electron chi connectivity index (χ2n) is 11.5. The molecule has 0 heterocycles. The summed E-state index contributed by atoms with van der Waals surface area (Å²) in [5.74, 6) is 1.15. The molecule has 48 heavy (non-hydrogen) atoms. The number of nitro benzene ring substituents is 1. The van der Waals surface area contributed by atoms with Crippen LogP contribution in [0, 0.1) is 10.1 Å². The molecule has 0 saturated carbocycles. The standard InChI is InChI=1S/C38H37N5O5/c1-41(25-31-9-5-3-6-10-31)27-33-21-34(28-42(2)26-32-11-7-4-8-12-32)38(48-40-24-30-15-19-36(44)20-16-30)22-37(33)47-39-23-29-13-17-35(18-14-29)43(45)46/h3-24,44H,25-28H2,1-2H3/b39-23+,40-24+. The topological polar surface area (TPSA) is 113 Å². The lowest BCUT2D eigenvalue weighted by Gasteiger charge is -2.22. The number of nitro groups is 1. The zero-order valence-electron chi connectivity index (χ0n) is 26.8. The second kappa shape index (κ2) is 16.6. The van der Waals surface area contributed by atoms with Crippen molar-refractivity contribution in [2.24, 2.45) is 10.3 Å². The number of benzene rings is 5. The van der Waals surface area contributed by atoms with Gasteiger partial charge < -0.3 is 14.8 Å². The van der Waals surface area contributed by atoms with Gasteiger partial charge in [-0.05, 0) is 78.8 Å². The number of phenolic OH excluding ortho intramolecular Hbond substituents is 1. The van der Waals surface area contributed by atoms with Gasteiger partial charge in [0.05, 0.1) is 17.4 Å². The number of non-ortho nitro benzene ring substituents is 1. The monoisotopic (exact) mass is 643 g/mol. The molecule has 0 fully saturated rings. The molecule has 0 unspecified atom stereocenters. The van der Waals surface area contributed by atoms with Gasteiger partial charge in [0.1, 0.15) is 5.75 Å². The molecule has 10 nitrogen and oxygen atoms in total. The predicted octanol–water partition coefficient (Wildman–Crippen LogP) is 7.39. The third-order valence-corrected chi connectivity index (χ3v) is 7.42. The minimum atomic E-state index is -0.444. The fraction of sp³-hybridized carbons (Fsp3) is 0.158. The number of phenols is 1. The van der Waals surface area contributed by atoms with Gasteiger partial charge >= 0.3 is 0 Å². The Kier molecular flexibility index (Phi) is 11.6. The van der Waals surface area contributed by atoms with E-state index in [9.17, 15) is 15.2 Å². The molecule has 0 atom stereocenters. The van der Waals surface area contributed by atoms with Crippen LogP contribution >= 0.6 is 0 Å². The first-order chi connectivity index (χ1) is 23.3. The fourth-order valence-electron chi connectivity index (χ4n) is 5.09. The molecule has 5 aromatic rings. The van der Waals surface area contributed by atoms with Crippen molar-refractivity contribution in [2.75, 3.05) is 14.1 Å². The highest BCUT2D eigenvalue weighted by molar-refractivity contribution is 5.80. The summed E-state index contributed by atoms with van der Waals surface area (Å²) < 4.78 is 0. The van der Waals surface area contributed by atoms with Gasteiger partial charge in [0.25, 0.3) is 5.69 Å². The summed E-state index contributed by atoms with van der Waals surface area (Å²) in [5.41, 5.74) is 5.59. The highest BCUT2D eigenvalue weighted by atomic mass is 16.6. The van der Waals surface area contributed by atoms with Gasteiger partial charge in [-0.3, -0.25) is 19.9 Å². The van der Waals surface area contributed by atoms with E-state index in [2.05, 4.69) is 57.5 Å². The summed E-state index contributed by atoms with van der Waals surface area (Å²) in [5, 5.41) is 29.1. The van der Waals surface area contributed by atoms with Gasteiger partial charge in [-0.25, -0.2) is 0 Å². The third-order valence-electron chi connectivity index (χ3n) is 7.42. The quantitative estimate of drug-likeness (QED) is 0.0719. The van der Waals surface area contributed by atoms with Crippen molar-refractivity contribution in [1.82, 2.24) is 9.80 Å². The lowest BCUT2D eigenvalue weighted by molar-refractivity contribution is -0.384. The van der Waals surface area contributed by atoms with E-state index in [1.165, 1.54) is 29.5 Å². The third kappa shape index (κ3) is 10.1. The molecular weight excluding hydrogens is 606 g/mol. The summed E-state index contributed by atoms with van der Waals surface area (Å²) >= 11 is 0. The molecule has 5 aromatic carbocycles. The van der Waals surface area contributed by atoms with Gasteiger partial charge in [0.2, 0.25) is 0 Å². The fourth-order valence-corrected chi connectivity index (χ4v) is 5.09. The molecule has 0 aliphatic rings. The van der Waals surface area contributed by atoms with E-state index in [0.717, 1.165) is 29.8 Å². The van der Waals surface area contributed by atoms with Crippen LogP contribution in [0.3, 0.4) is 0 Å². The van der Waals surface area contributed by atoms with Crippen molar-refractivity contribution in [3.05, 3.63) is 165 Å². The van der Waals surface area contributed by atoms with Gasteiger partial charge in [-0.15, -0.1) is 0 Å². The molecule has 0 aliphatic heterocycles. The molecule has 0 bridgehead atoms. The van der Waals surface area contributed by atoms with E-state index in [0.29, 0.717) is 30.2 Å². The number of hydrogen-bond acceptors (Lipinski definition) is 9. The normalized spacial score (nSPS) is 11.5. The lowest BCUT2D eigenvalue weighted by Crippen LogP contribution is -2.20. The summed E-state index contributed by atoms with van der Waals surface area (Å²) in [6, 6.07) is 37.0. The Morgan fingerprint density at radius 3 is 1.52 bits per heavy atom. The first-order valence-electron chi connectivity index (χ1n) is 15.4. The summed E-state index contributed by atoms with van der Waals surface area (Å²) in [4.78, 5) is 27.0. The molecule has 1 N–H and O–H groups in total. The first-order valence-corrected chi connectivity index (χ1v) is 15.4. The van der Waals surface area contributed by atoms with Gasteiger partial charge in [0.15, 0.2) is 11.5 Å². The summed E-state index contributed by atoms with van der Waals surface area (Å²) in [7, 11) is 4.10. The number of hydrogen-bond donors (Lipinski definition) is 1. The van der Waals surface area contributed by atoms with E-state index in [-0.39, 0.29) is 11.4 Å². The first kappa shape index (κ1) is 33.5. The molecule has 10 heteroatoms. The van der Waals surface area contributed by atoms with Crippen molar-refractivity contribution >= 4 is 18.1 Å². The van der Waals surface area contributed by atoms with E-state index in [4.69, 9.17) is 9.68 Å². The minimum absolute atomic E-state index is 0.000668. The van der Waals surface area contributed by atoms with Crippen LogP contribution < -0.4 is 9.68 Å².